The standard InChI is InChI=1S/C15H16ClF2NS/c1-2-8-19-13(14-6-7-15(16)20-14)9-10-11(17)4-3-5-12(10)18/h3-7,13,19H,2,8-9H2,1H3. The molecule has 0 fully saturated rings. The molecule has 0 spiro atoms. The van der Waals surface area contributed by atoms with E-state index in [0.29, 0.717) is 4.34 Å². The number of nitrogens with one attached hydrogen (secondary N) is 1. The molecule has 1 heterocycles. The molecule has 1 aromatic carbocycles. The van der Waals surface area contributed by atoms with Gasteiger partial charge in [-0.2, -0.15) is 0 Å². The summed E-state index contributed by atoms with van der Waals surface area (Å²) in [6, 6.07) is 7.54. The Labute approximate surface area is 126 Å². The van der Waals surface area contributed by atoms with E-state index in [1.807, 2.05) is 6.07 Å². The van der Waals surface area contributed by atoms with Crippen LogP contribution in [0.4, 0.5) is 8.78 Å². The first-order valence-corrected chi connectivity index (χ1v) is 7.72. The van der Waals surface area contributed by atoms with Crippen LogP contribution in [0.3, 0.4) is 0 Å². The van der Waals surface area contributed by atoms with Crippen molar-refractivity contribution in [2.45, 2.75) is 25.8 Å². The van der Waals surface area contributed by atoms with E-state index in [0.717, 1.165) is 17.8 Å². The summed E-state index contributed by atoms with van der Waals surface area (Å²) in [6.45, 7) is 2.84. The summed E-state index contributed by atoms with van der Waals surface area (Å²) in [7, 11) is 0. The Kier molecular flexibility index (Phi) is 5.52. The van der Waals surface area contributed by atoms with Gasteiger partial charge >= 0.3 is 0 Å². The Bertz CT molecular complexity index is 551. The van der Waals surface area contributed by atoms with E-state index in [2.05, 4.69) is 12.2 Å². The minimum atomic E-state index is -0.504. The summed E-state index contributed by atoms with van der Waals surface area (Å²) in [4.78, 5) is 0.992. The molecule has 20 heavy (non-hydrogen) atoms. The summed E-state index contributed by atoms with van der Waals surface area (Å²) in [5, 5.41) is 3.32. The topological polar surface area (TPSA) is 12.0 Å². The lowest BCUT2D eigenvalue weighted by Crippen LogP contribution is -2.24. The fourth-order valence-electron chi connectivity index (χ4n) is 2.04. The zero-order chi connectivity index (χ0) is 14.5. The van der Waals surface area contributed by atoms with E-state index in [9.17, 15) is 8.78 Å². The fourth-order valence-corrected chi connectivity index (χ4v) is 3.18. The maximum atomic E-state index is 13.8. The second-order valence-electron chi connectivity index (χ2n) is 4.55. The second kappa shape index (κ2) is 7.16. The van der Waals surface area contributed by atoms with Crippen LogP contribution in [0.2, 0.25) is 4.34 Å². The van der Waals surface area contributed by atoms with Gasteiger partial charge < -0.3 is 5.32 Å². The average molecular weight is 316 g/mol. The number of rotatable bonds is 6. The Morgan fingerprint density at radius 1 is 1.20 bits per heavy atom. The van der Waals surface area contributed by atoms with Gasteiger partial charge in [-0.1, -0.05) is 24.6 Å². The molecule has 0 amide bonds. The van der Waals surface area contributed by atoms with E-state index in [1.165, 1.54) is 29.5 Å². The van der Waals surface area contributed by atoms with Crippen LogP contribution in [0, 0.1) is 11.6 Å². The summed E-state index contributed by atoms with van der Waals surface area (Å²) < 4.78 is 28.2. The van der Waals surface area contributed by atoms with Crippen LogP contribution in [-0.2, 0) is 6.42 Å². The predicted octanol–water partition coefficient (Wildman–Crippen LogP) is 4.96. The number of hydrogen-bond acceptors (Lipinski definition) is 2. The summed E-state index contributed by atoms with van der Waals surface area (Å²) >= 11 is 7.38. The van der Waals surface area contributed by atoms with E-state index < -0.39 is 11.6 Å². The Morgan fingerprint density at radius 3 is 2.45 bits per heavy atom. The molecule has 0 saturated heterocycles. The molecule has 2 rings (SSSR count). The van der Waals surface area contributed by atoms with Crippen LogP contribution >= 0.6 is 22.9 Å². The molecule has 5 heteroatoms. The highest BCUT2D eigenvalue weighted by atomic mass is 35.5. The molecule has 0 aliphatic rings. The first-order valence-electron chi connectivity index (χ1n) is 6.53. The van der Waals surface area contributed by atoms with Crippen LogP contribution in [-0.4, -0.2) is 6.54 Å². The molecule has 1 unspecified atom stereocenters. The summed E-state index contributed by atoms with van der Waals surface area (Å²) in [5.41, 5.74) is 0.116. The van der Waals surface area contributed by atoms with Gasteiger partial charge in [0.05, 0.1) is 4.34 Å². The van der Waals surface area contributed by atoms with Gasteiger partial charge in [0.1, 0.15) is 11.6 Å². The number of halogens is 3. The van der Waals surface area contributed by atoms with Gasteiger partial charge in [-0.05, 0) is 43.7 Å². The van der Waals surface area contributed by atoms with Crippen LogP contribution in [0.5, 0.6) is 0 Å². The zero-order valence-corrected chi connectivity index (χ0v) is 12.7. The molecule has 1 nitrogen and oxygen atoms in total. The molecule has 2 aromatic rings. The highest BCUT2D eigenvalue weighted by molar-refractivity contribution is 7.16. The van der Waals surface area contributed by atoms with E-state index in [1.54, 1.807) is 6.07 Å². The third kappa shape index (κ3) is 3.78. The van der Waals surface area contributed by atoms with Crippen molar-refractivity contribution in [2.24, 2.45) is 0 Å². The normalized spacial score (nSPS) is 12.6. The van der Waals surface area contributed by atoms with Gasteiger partial charge in [0.2, 0.25) is 0 Å². The first kappa shape index (κ1) is 15.4. The van der Waals surface area contributed by atoms with Gasteiger partial charge in [0.15, 0.2) is 0 Å². The van der Waals surface area contributed by atoms with Crippen molar-refractivity contribution in [3.8, 4) is 0 Å². The van der Waals surface area contributed by atoms with Crippen molar-refractivity contribution < 1.29 is 8.78 Å². The van der Waals surface area contributed by atoms with Crippen molar-refractivity contribution in [3.05, 3.63) is 56.7 Å². The van der Waals surface area contributed by atoms with Crippen LogP contribution in [0.25, 0.3) is 0 Å². The first-order chi connectivity index (χ1) is 9.61. The van der Waals surface area contributed by atoms with Crippen LogP contribution in [0.15, 0.2) is 30.3 Å². The largest absolute Gasteiger partial charge is 0.309 e. The molecule has 0 radical (unpaired) electrons. The third-order valence-electron chi connectivity index (χ3n) is 3.05. The Hall–Kier alpha value is -0.970. The highest BCUT2D eigenvalue weighted by Gasteiger charge is 2.18. The molecule has 108 valence electrons. The number of benzene rings is 1. The molecule has 1 N–H and O–H groups in total. The fraction of sp³-hybridized carbons (Fsp3) is 0.333. The van der Waals surface area contributed by atoms with Gasteiger partial charge in [0, 0.05) is 16.5 Å². The van der Waals surface area contributed by atoms with Gasteiger partial charge in [-0.25, -0.2) is 8.78 Å². The minimum absolute atomic E-state index is 0.116. The van der Waals surface area contributed by atoms with E-state index in [4.69, 9.17) is 11.6 Å². The summed E-state index contributed by atoms with van der Waals surface area (Å²) in [5.74, 6) is -1.01. The van der Waals surface area contributed by atoms with Crippen molar-refractivity contribution in [1.82, 2.24) is 5.32 Å². The van der Waals surface area contributed by atoms with Gasteiger partial charge in [-0.15, -0.1) is 11.3 Å². The molecule has 1 aromatic heterocycles. The average Bonchev–Trinajstić information content (AvgIpc) is 2.84. The minimum Gasteiger partial charge on any atom is -0.309 e. The molecule has 0 aliphatic carbocycles. The van der Waals surface area contributed by atoms with E-state index >= 15 is 0 Å². The van der Waals surface area contributed by atoms with Gasteiger partial charge in [-0.3, -0.25) is 0 Å². The molecular formula is C15H16ClF2NS. The predicted molar refractivity (Wildman–Crippen MR) is 80.4 cm³/mol. The highest BCUT2D eigenvalue weighted by Crippen LogP contribution is 2.30. The lowest BCUT2D eigenvalue weighted by Gasteiger charge is -2.18. The third-order valence-corrected chi connectivity index (χ3v) is 4.39. The maximum Gasteiger partial charge on any atom is 0.129 e. The Balaban J connectivity index is 2.23. The number of thiophene rings is 1. The SMILES string of the molecule is CCCNC(Cc1c(F)cccc1F)c1ccc(Cl)s1. The van der Waals surface area contributed by atoms with Crippen molar-refractivity contribution >= 4 is 22.9 Å². The van der Waals surface area contributed by atoms with Crippen molar-refractivity contribution in [1.29, 1.82) is 0 Å². The monoisotopic (exact) mass is 315 g/mol. The smallest absolute Gasteiger partial charge is 0.129 e. The van der Waals surface area contributed by atoms with Gasteiger partial charge in [0.25, 0.3) is 0 Å². The van der Waals surface area contributed by atoms with Crippen LogP contribution < -0.4 is 5.32 Å². The van der Waals surface area contributed by atoms with Crippen molar-refractivity contribution in [3.63, 3.8) is 0 Å². The molecule has 1 atom stereocenters. The van der Waals surface area contributed by atoms with E-state index in [-0.39, 0.29) is 18.0 Å². The Morgan fingerprint density at radius 2 is 1.90 bits per heavy atom. The quantitative estimate of drug-likeness (QED) is 0.794. The van der Waals surface area contributed by atoms with Crippen molar-refractivity contribution in [2.75, 3.05) is 6.54 Å². The molecule has 0 saturated carbocycles. The number of hydrogen-bond donors (Lipinski definition) is 1. The lowest BCUT2D eigenvalue weighted by molar-refractivity contribution is 0.494. The second-order valence-corrected chi connectivity index (χ2v) is 6.30. The van der Waals surface area contributed by atoms with Crippen LogP contribution in [0.1, 0.15) is 29.8 Å². The zero-order valence-electron chi connectivity index (χ0n) is 11.1. The molecular weight excluding hydrogens is 300 g/mol. The maximum absolute atomic E-state index is 13.8. The lowest BCUT2D eigenvalue weighted by atomic mass is 10.0. The molecule has 0 bridgehead atoms. The molecule has 0 aliphatic heterocycles. The summed E-state index contributed by atoms with van der Waals surface area (Å²) in [6.07, 6.45) is 1.23.